The topological polar surface area (TPSA) is 51.0 Å². The minimum atomic E-state index is 0.322. The first-order valence-electron chi connectivity index (χ1n) is 6.91. The zero-order valence-electron chi connectivity index (χ0n) is 11.4. The molecule has 1 aliphatic carbocycles. The van der Waals surface area contributed by atoms with Crippen molar-refractivity contribution in [3.05, 3.63) is 47.1 Å². The molecule has 0 spiro atoms. The highest BCUT2D eigenvalue weighted by Gasteiger charge is 2.30. The summed E-state index contributed by atoms with van der Waals surface area (Å²) in [7, 11) is 0. The number of benzene rings is 1. The average Bonchev–Trinajstić information content (AvgIpc) is 2.79. The zero-order valence-corrected chi connectivity index (χ0v) is 11.4. The molecule has 2 aromatic rings. The first-order chi connectivity index (χ1) is 9.28. The largest absolute Gasteiger partial charge is 0.339 e. The highest BCUT2D eigenvalue weighted by atomic mass is 16.5. The van der Waals surface area contributed by atoms with Crippen molar-refractivity contribution in [2.75, 3.05) is 6.54 Å². The summed E-state index contributed by atoms with van der Waals surface area (Å²) in [5.74, 6) is 1.88. The van der Waals surface area contributed by atoms with E-state index in [1.807, 2.05) is 0 Å². The molecule has 0 amide bonds. The molecule has 0 saturated carbocycles. The first-order valence-corrected chi connectivity index (χ1v) is 6.91. The van der Waals surface area contributed by atoms with Gasteiger partial charge < -0.3 is 9.84 Å². The molecule has 1 N–H and O–H groups in total. The minimum Gasteiger partial charge on any atom is -0.339 e. The van der Waals surface area contributed by atoms with Gasteiger partial charge in [-0.05, 0) is 31.0 Å². The lowest BCUT2D eigenvalue weighted by Gasteiger charge is -2.27. The number of hydrogen-bond acceptors (Lipinski definition) is 4. The number of nitrogens with zero attached hydrogens (tertiary/aromatic N) is 2. The standard InChI is InChI=1S/C15H19N3O/c1-3-16-10(2)8-14-17-15(18-19-14)13-9-11-6-4-5-7-12(11)13/h4-7,10,13,16H,3,8-9H2,1-2H3. The molecule has 1 aromatic carbocycles. The maximum Gasteiger partial charge on any atom is 0.228 e. The van der Waals surface area contributed by atoms with Crippen molar-refractivity contribution < 1.29 is 4.52 Å². The first kappa shape index (κ1) is 12.4. The van der Waals surface area contributed by atoms with Gasteiger partial charge in [-0.2, -0.15) is 4.98 Å². The SMILES string of the molecule is CCNC(C)Cc1nc(C2Cc3ccccc32)no1. The number of rotatable bonds is 5. The van der Waals surface area contributed by atoms with E-state index in [2.05, 4.69) is 53.6 Å². The van der Waals surface area contributed by atoms with Crippen LogP contribution in [0, 0.1) is 0 Å². The second kappa shape index (κ2) is 5.13. The van der Waals surface area contributed by atoms with Crippen LogP contribution in [0.4, 0.5) is 0 Å². The Morgan fingerprint density at radius 1 is 1.42 bits per heavy atom. The molecule has 1 aromatic heterocycles. The van der Waals surface area contributed by atoms with Crippen LogP contribution in [0.25, 0.3) is 0 Å². The molecule has 0 radical (unpaired) electrons. The molecule has 2 unspecified atom stereocenters. The Labute approximate surface area is 113 Å². The van der Waals surface area contributed by atoms with Gasteiger partial charge in [-0.25, -0.2) is 0 Å². The van der Waals surface area contributed by atoms with Gasteiger partial charge in [-0.1, -0.05) is 36.3 Å². The predicted molar refractivity (Wildman–Crippen MR) is 73.1 cm³/mol. The van der Waals surface area contributed by atoms with Crippen LogP contribution < -0.4 is 5.32 Å². The van der Waals surface area contributed by atoms with Gasteiger partial charge in [0.1, 0.15) is 0 Å². The maximum atomic E-state index is 5.35. The van der Waals surface area contributed by atoms with Gasteiger partial charge in [-0.3, -0.25) is 0 Å². The molecule has 100 valence electrons. The lowest BCUT2D eigenvalue weighted by atomic mass is 9.77. The molecule has 4 nitrogen and oxygen atoms in total. The molecule has 0 bridgehead atoms. The fourth-order valence-electron chi connectivity index (χ4n) is 2.66. The average molecular weight is 257 g/mol. The molecule has 1 aliphatic rings. The quantitative estimate of drug-likeness (QED) is 0.893. The lowest BCUT2D eigenvalue weighted by Crippen LogP contribution is -2.27. The molecule has 0 aliphatic heterocycles. The summed E-state index contributed by atoms with van der Waals surface area (Å²) in [6.45, 7) is 5.19. The van der Waals surface area contributed by atoms with E-state index in [0.29, 0.717) is 12.0 Å². The normalized spacial score (nSPS) is 18.7. The summed E-state index contributed by atoms with van der Waals surface area (Å²) >= 11 is 0. The molecular formula is C15H19N3O. The minimum absolute atomic E-state index is 0.322. The number of aromatic nitrogens is 2. The second-order valence-electron chi connectivity index (χ2n) is 5.16. The van der Waals surface area contributed by atoms with Crippen LogP contribution in [0.2, 0.25) is 0 Å². The van der Waals surface area contributed by atoms with Crippen molar-refractivity contribution in [3.8, 4) is 0 Å². The summed E-state index contributed by atoms with van der Waals surface area (Å²) in [5.41, 5.74) is 2.74. The molecule has 0 fully saturated rings. The van der Waals surface area contributed by atoms with Crippen LogP contribution >= 0.6 is 0 Å². The van der Waals surface area contributed by atoms with Gasteiger partial charge in [0, 0.05) is 12.5 Å². The maximum absolute atomic E-state index is 5.35. The summed E-state index contributed by atoms with van der Waals surface area (Å²) < 4.78 is 5.35. The summed E-state index contributed by atoms with van der Waals surface area (Å²) in [6.07, 6.45) is 1.81. The Morgan fingerprint density at radius 3 is 3.05 bits per heavy atom. The molecule has 0 saturated heterocycles. The summed E-state index contributed by atoms with van der Waals surface area (Å²) in [4.78, 5) is 4.54. The Hall–Kier alpha value is -1.68. The highest BCUT2D eigenvalue weighted by molar-refractivity contribution is 5.43. The van der Waals surface area contributed by atoms with Crippen molar-refractivity contribution in [3.63, 3.8) is 0 Å². The Morgan fingerprint density at radius 2 is 2.26 bits per heavy atom. The van der Waals surface area contributed by atoms with Crippen LogP contribution in [0.1, 0.15) is 42.6 Å². The van der Waals surface area contributed by atoms with E-state index in [-0.39, 0.29) is 0 Å². The third-order valence-electron chi connectivity index (χ3n) is 3.68. The van der Waals surface area contributed by atoms with Crippen LogP contribution in [0.5, 0.6) is 0 Å². The third-order valence-corrected chi connectivity index (χ3v) is 3.68. The molecule has 19 heavy (non-hydrogen) atoms. The van der Waals surface area contributed by atoms with Crippen molar-refractivity contribution in [2.24, 2.45) is 0 Å². The Kier molecular flexibility index (Phi) is 3.34. The van der Waals surface area contributed by atoms with Gasteiger partial charge in [-0.15, -0.1) is 0 Å². The van der Waals surface area contributed by atoms with Gasteiger partial charge in [0.25, 0.3) is 0 Å². The van der Waals surface area contributed by atoms with Crippen molar-refractivity contribution in [1.82, 2.24) is 15.5 Å². The molecule has 1 heterocycles. The van der Waals surface area contributed by atoms with Gasteiger partial charge in [0.05, 0.1) is 5.92 Å². The van der Waals surface area contributed by atoms with E-state index in [4.69, 9.17) is 4.52 Å². The van der Waals surface area contributed by atoms with Gasteiger partial charge in [0.2, 0.25) is 5.89 Å². The molecule has 3 rings (SSSR count). The molecular weight excluding hydrogens is 238 g/mol. The van der Waals surface area contributed by atoms with E-state index in [1.165, 1.54) is 11.1 Å². The predicted octanol–water partition coefficient (Wildman–Crippen LogP) is 2.30. The van der Waals surface area contributed by atoms with E-state index in [0.717, 1.165) is 31.1 Å². The van der Waals surface area contributed by atoms with Crippen molar-refractivity contribution in [2.45, 2.75) is 38.6 Å². The van der Waals surface area contributed by atoms with Gasteiger partial charge in [0.15, 0.2) is 5.82 Å². The summed E-state index contributed by atoms with van der Waals surface area (Å²) in [6, 6.07) is 8.83. The van der Waals surface area contributed by atoms with Crippen LogP contribution in [0.15, 0.2) is 28.8 Å². The van der Waals surface area contributed by atoms with Crippen molar-refractivity contribution in [1.29, 1.82) is 0 Å². The fourth-order valence-corrected chi connectivity index (χ4v) is 2.66. The number of hydrogen-bond donors (Lipinski definition) is 1. The number of fused-ring (bicyclic) bond motifs is 1. The monoisotopic (exact) mass is 257 g/mol. The molecule has 4 heteroatoms. The summed E-state index contributed by atoms with van der Waals surface area (Å²) in [5, 5.41) is 7.48. The number of nitrogens with one attached hydrogen (secondary N) is 1. The van der Waals surface area contributed by atoms with Crippen LogP contribution in [-0.2, 0) is 12.8 Å². The van der Waals surface area contributed by atoms with E-state index < -0.39 is 0 Å². The van der Waals surface area contributed by atoms with E-state index in [9.17, 15) is 0 Å². The van der Waals surface area contributed by atoms with E-state index in [1.54, 1.807) is 0 Å². The molecule has 2 atom stereocenters. The van der Waals surface area contributed by atoms with Crippen LogP contribution in [0.3, 0.4) is 0 Å². The van der Waals surface area contributed by atoms with Gasteiger partial charge >= 0.3 is 0 Å². The Balaban J connectivity index is 1.70. The van der Waals surface area contributed by atoms with Crippen LogP contribution in [-0.4, -0.2) is 22.7 Å². The van der Waals surface area contributed by atoms with E-state index >= 15 is 0 Å². The smallest absolute Gasteiger partial charge is 0.228 e. The zero-order chi connectivity index (χ0) is 13.2. The highest BCUT2D eigenvalue weighted by Crippen LogP contribution is 2.38. The van der Waals surface area contributed by atoms with Crippen molar-refractivity contribution >= 4 is 0 Å². The fraction of sp³-hybridized carbons (Fsp3) is 0.467. The second-order valence-corrected chi connectivity index (χ2v) is 5.16. The number of likely N-dealkylation sites (N-methyl/N-ethyl adjacent to an activating group) is 1. The Bertz CT molecular complexity index is 564. The third kappa shape index (κ3) is 2.40. The lowest BCUT2D eigenvalue weighted by molar-refractivity contribution is 0.356.